The van der Waals surface area contributed by atoms with Crippen molar-refractivity contribution in [1.29, 1.82) is 0 Å². The molecule has 0 spiro atoms. The fourth-order valence-electron chi connectivity index (χ4n) is 3.09. The molecule has 0 bridgehead atoms. The highest BCUT2D eigenvalue weighted by molar-refractivity contribution is 5.82. The van der Waals surface area contributed by atoms with Crippen molar-refractivity contribution in [3.63, 3.8) is 0 Å². The van der Waals surface area contributed by atoms with Crippen molar-refractivity contribution >= 4 is 5.91 Å². The maximum Gasteiger partial charge on any atom is 0.259 e. The fraction of sp³-hybridized carbons (Fsp3) is 0.650. The third kappa shape index (κ3) is 6.59. The van der Waals surface area contributed by atoms with E-state index in [9.17, 15) is 29.6 Å². The molecule has 6 atom stereocenters. The number of ether oxygens (including phenoxy) is 2. The summed E-state index contributed by atoms with van der Waals surface area (Å²) in [4.78, 5) is 11.9. The molecule has 7 N–H and O–H groups in total. The monoisotopic (exact) mass is 430 g/mol. The number of aliphatic hydroxyl groups excluding tert-OH is 4. The van der Waals surface area contributed by atoms with Gasteiger partial charge in [0.05, 0.1) is 6.61 Å². The lowest BCUT2D eigenvalue weighted by atomic mass is 9.99. The van der Waals surface area contributed by atoms with Crippen LogP contribution in [0.25, 0.3) is 0 Å². The van der Waals surface area contributed by atoms with Crippen LogP contribution in [0, 0.1) is 0 Å². The van der Waals surface area contributed by atoms with Crippen molar-refractivity contribution in [2.24, 2.45) is 5.73 Å². The highest BCUT2D eigenvalue weighted by Gasteiger charge is 2.44. The van der Waals surface area contributed by atoms with Gasteiger partial charge in [0.2, 0.25) is 12.5 Å². The van der Waals surface area contributed by atoms with Gasteiger partial charge in [0, 0.05) is 6.54 Å². The Morgan fingerprint density at radius 1 is 1.10 bits per heavy atom. The lowest BCUT2D eigenvalue weighted by molar-refractivity contribution is -0.277. The van der Waals surface area contributed by atoms with Gasteiger partial charge < -0.3 is 41.0 Å². The number of hydrogen-bond acceptors (Lipinski definition) is 8. The third-order valence-corrected chi connectivity index (χ3v) is 4.93. The summed E-state index contributed by atoms with van der Waals surface area (Å²) in [5.74, 6) is -0.535. The van der Waals surface area contributed by atoms with Gasteiger partial charge in [-0.05, 0) is 37.1 Å². The zero-order chi connectivity index (χ0) is 22.1. The van der Waals surface area contributed by atoms with Gasteiger partial charge in [-0.1, -0.05) is 25.0 Å². The summed E-state index contributed by atoms with van der Waals surface area (Å²) in [5, 5.41) is 41.3. The molecule has 1 aliphatic rings. The Balaban J connectivity index is 1.86. The SMILES string of the molecule is NCCCCCCNC(=O)C(F)c1ccc(O[C@@H]2O[C@H](CO)[C@@H](O)[C@H](O)[C@H]2O)cc1. The minimum absolute atomic E-state index is 0.136. The summed E-state index contributed by atoms with van der Waals surface area (Å²) in [6, 6.07) is 5.52. The Labute approximate surface area is 174 Å². The molecule has 0 radical (unpaired) electrons. The number of nitrogens with two attached hydrogens (primary N) is 1. The van der Waals surface area contributed by atoms with Crippen LogP contribution in [-0.2, 0) is 9.53 Å². The second kappa shape index (κ2) is 12.1. The van der Waals surface area contributed by atoms with Crippen LogP contribution in [-0.4, -0.2) is 76.7 Å². The molecular formula is C20H31FN2O7. The van der Waals surface area contributed by atoms with Gasteiger partial charge in [0.25, 0.3) is 5.91 Å². The smallest absolute Gasteiger partial charge is 0.259 e. The Bertz CT molecular complexity index is 647. The van der Waals surface area contributed by atoms with Gasteiger partial charge in [-0.3, -0.25) is 4.79 Å². The molecule has 0 saturated carbocycles. The summed E-state index contributed by atoms with van der Waals surface area (Å²) in [6.45, 7) is 0.451. The molecule has 9 nitrogen and oxygen atoms in total. The molecule has 30 heavy (non-hydrogen) atoms. The summed E-state index contributed by atoms with van der Waals surface area (Å²) < 4.78 is 25.1. The number of carbonyl (C=O) groups is 1. The van der Waals surface area contributed by atoms with E-state index in [1.165, 1.54) is 24.3 Å². The molecule has 2 rings (SSSR count). The van der Waals surface area contributed by atoms with E-state index in [0.717, 1.165) is 25.7 Å². The predicted molar refractivity (Wildman–Crippen MR) is 105 cm³/mol. The van der Waals surface area contributed by atoms with E-state index in [0.29, 0.717) is 13.1 Å². The molecule has 1 saturated heterocycles. The largest absolute Gasteiger partial charge is 0.462 e. The van der Waals surface area contributed by atoms with Crippen molar-refractivity contribution in [3.05, 3.63) is 29.8 Å². The van der Waals surface area contributed by atoms with Crippen molar-refractivity contribution in [2.75, 3.05) is 19.7 Å². The van der Waals surface area contributed by atoms with Gasteiger partial charge in [-0.15, -0.1) is 0 Å². The van der Waals surface area contributed by atoms with E-state index < -0.39 is 49.4 Å². The lowest BCUT2D eigenvalue weighted by Gasteiger charge is -2.39. The first-order valence-electron chi connectivity index (χ1n) is 10.1. The maximum absolute atomic E-state index is 14.4. The lowest BCUT2D eigenvalue weighted by Crippen LogP contribution is -2.60. The van der Waals surface area contributed by atoms with Gasteiger partial charge in [-0.2, -0.15) is 0 Å². The van der Waals surface area contributed by atoms with Crippen LogP contribution in [0.5, 0.6) is 5.75 Å². The average molecular weight is 430 g/mol. The van der Waals surface area contributed by atoms with Crippen molar-refractivity contribution in [3.8, 4) is 5.75 Å². The Morgan fingerprint density at radius 2 is 1.77 bits per heavy atom. The van der Waals surface area contributed by atoms with E-state index in [1.54, 1.807) is 0 Å². The second-order valence-corrected chi connectivity index (χ2v) is 7.24. The number of carbonyl (C=O) groups excluding carboxylic acids is 1. The number of nitrogens with one attached hydrogen (secondary N) is 1. The van der Waals surface area contributed by atoms with Gasteiger partial charge in [0.15, 0.2) is 0 Å². The van der Waals surface area contributed by atoms with Crippen LogP contribution in [0.4, 0.5) is 4.39 Å². The van der Waals surface area contributed by atoms with Crippen molar-refractivity contribution < 1.29 is 39.1 Å². The molecule has 1 aromatic rings. The first-order valence-corrected chi connectivity index (χ1v) is 10.1. The zero-order valence-corrected chi connectivity index (χ0v) is 16.7. The maximum atomic E-state index is 14.4. The number of rotatable bonds is 11. The number of hydrogen-bond donors (Lipinski definition) is 6. The Hall–Kier alpha value is -1.82. The van der Waals surface area contributed by atoms with Crippen molar-refractivity contribution in [1.82, 2.24) is 5.32 Å². The van der Waals surface area contributed by atoms with Crippen LogP contribution >= 0.6 is 0 Å². The fourth-order valence-corrected chi connectivity index (χ4v) is 3.09. The van der Waals surface area contributed by atoms with Crippen LogP contribution in [0.3, 0.4) is 0 Å². The summed E-state index contributed by atoms with van der Waals surface area (Å²) >= 11 is 0. The van der Waals surface area contributed by atoms with Crippen LogP contribution in [0.2, 0.25) is 0 Å². The van der Waals surface area contributed by atoms with Crippen LogP contribution in [0.15, 0.2) is 24.3 Å². The molecule has 1 unspecified atom stereocenters. The summed E-state index contributed by atoms with van der Waals surface area (Å²) in [5.41, 5.74) is 5.55. The van der Waals surface area contributed by atoms with Crippen LogP contribution < -0.4 is 15.8 Å². The number of alkyl halides is 1. The zero-order valence-electron chi connectivity index (χ0n) is 16.7. The van der Waals surface area contributed by atoms with Crippen LogP contribution in [0.1, 0.15) is 37.4 Å². The molecule has 1 heterocycles. The average Bonchev–Trinajstić information content (AvgIpc) is 2.76. The van der Waals surface area contributed by atoms with E-state index in [1.807, 2.05) is 0 Å². The molecule has 1 aromatic carbocycles. The van der Waals surface area contributed by atoms with E-state index in [-0.39, 0.29) is 11.3 Å². The molecule has 10 heteroatoms. The molecule has 0 aromatic heterocycles. The third-order valence-electron chi connectivity index (χ3n) is 4.93. The summed E-state index contributed by atoms with van der Waals surface area (Å²) in [7, 11) is 0. The van der Waals surface area contributed by atoms with E-state index in [2.05, 4.69) is 5.32 Å². The number of benzene rings is 1. The molecule has 1 fully saturated rings. The summed E-state index contributed by atoms with van der Waals surface area (Å²) in [6.07, 6.45) is -5.30. The Morgan fingerprint density at radius 3 is 2.40 bits per heavy atom. The first kappa shape index (κ1) is 24.4. The highest BCUT2D eigenvalue weighted by atomic mass is 19.1. The van der Waals surface area contributed by atoms with E-state index in [4.69, 9.17) is 15.2 Å². The Kier molecular flexibility index (Phi) is 9.89. The first-order chi connectivity index (χ1) is 14.4. The van der Waals surface area contributed by atoms with Gasteiger partial charge in [0.1, 0.15) is 30.2 Å². The number of halogens is 1. The predicted octanol–water partition coefficient (Wildman–Crippen LogP) is -0.489. The quantitative estimate of drug-likeness (QED) is 0.257. The molecular weight excluding hydrogens is 399 g/mol. The van der Waals surface area contributed by atoms with Crippen molar-refractivity contribution in [2.45, 2.75) is 62.6 Å². The molecule has 170 valence electrons. The molecule has 1 amide bonds. The minimum Gasteiger partial charge on any atom is -0.462 e. The normalized spacial score (nSPS) is 27.5. The highest BCUT2D eigenvalue weighted by Crippen LogP contribution is 2.26. The number of unbranched alkanes of at least 4 members (excludes halogenated alkanes) is 3. The molecule has 0 aliphatic carbocycles. The number of amides is 1. The number of aliphatic hydroxyl groups is 4. The molecule has 1 aliphatic heterocycles. The van der Waals surface area contributed by atoms with Gasteiger partial charge in [-0.25, -0.2) is 4.39 Å². The van der Waals surface area contributed by atoms with E-state index >= 15 is 0 Å². The standard InChI is InChI=1S/C20H31FN2O7/c21-15(19(28)23-10-4-2-1-3-9-22)12-5-7-13(8-6-12)29-20-18(27)17(26)16(25)14(11-24)30-20/h5-8,14-18,20,24-27H,1-4,9-11,22H2,(H,23,28)/t14-,15?,16-,17+,18-,20-/m1/s1. The topological polar surface area (TPSA) is 154 Å². The minimum atomic E-state index is -1.84. The van der Waals surface area contributed by atoms with Gasteiger partial charge >= 0.3 is 0 Å². The second-order valence-electron chi connectivity index (χ2n) is 7.24.